The summed E-state index contributed by atoms with van der Waals surface area (Å²) < 4.78 is 2.38. The van der Waals surface area contributed by atoms with Crippen molar-refractivity contribution in [1.82, 2.24) is 14.5 Å². The summed E-state index contributed by atoms with van der Waals surface area (Å²) in [6.07, 6.45) is 8.43. The molecular formula is C31H40N4. The third kappa shape index (κ3) is 5.07. The molecule has 2 unspecified atom stereocenters. The molecule has 3 aromatic rings. The monoisotopic (exact) mass is 468 g/mol. The largest absolute Gasteiger partial charge is 0.371 e. The maximum Gasteiger partial charge on any atom is 0.140 e. The lowest BCUT2D eigenvalue weighted by atomic mass is 9.83. The highest BCUT2D eigenvalue weighted by atomic mass is 15.1. The summed E-state index contributed by atoms with van der Waals surface area (Å²) in [5.41, 5.74) is 7.84. The van der Waals surface area contributed by atoms with Crippen LogP contribution in [0.5, 0.6) is 0 Å². The predicted octanol–water partition coefficient (Wildman–Crippen LogP) is 7.62. The number of piperidine rings is 1. The molecule has 0 bridgehead atoms. The zero-order valence-corrected chi connectivity index (χ0v) is 21.9. The molecule has 4 nitrogen and oxygen atoms in total. The van der Waals surface area contributed by atoms with E-state index in [1.807, 2.05) is 12.3 Å². The first kappa shape index (κ1) is 23.8. The molecule has 1 aliphatic carbocycles. The second kappa shape index (κ2) is 10.0. The second-order valence-corrected chi connectivity index (χ2v) is 10.9. The number of pyridine rings is 1. The van der Waals surface area contributed by atoms with Crippen molar-refractivity contribution in [3.8, 4) is 0 Å². The van der Waals surface area contributed by atoms with Gasteiger partial charge in [0.2, 0.25) is 0 Å². The predicted molar refractivity (Wildman–Crippen MR) is 148 cm³/mol. The van der Waals surface area contributed by atoms with Gasteiger partial charge in [-0.15, -0.1) is 0 Å². The van der Waals surface area contributed by atoms with Crippen LogP contribution in [0.1, 0.15) is 69.7 Å². The number of nitrogens with zero attached hydrogens (tertiary/aromatic N) is 4. The normalized spacial score (nSPS) is 21.0. The van der Waals surface area contributed by atoms with E-state index in [-0.39, 0.29) is 0 Å². The number of benzene rings is 1. The average molecular weight is 469 g/mol. The Labute approximate surface area is 210 Å². The van der Waals surface area contributed by atoms with Crippen molar-refractivity contribution in [1.29, 1.82) is 0 Å². The Bertz CT molecular complexity index is 1250. The summed E-state index contributed by atoms with van der Waals surface area (Å²) in [6.45, 7) is 16.7. The van der Waals surface area contributed by atoms with Gasteiger partial charge in [-0.25, -0.2) is 4.98 Å². The molecule has 1 aromatic carbocycles. The summed E-state index contributed by atoms with van der Waals surface area (Å²) in [7, 11) is 0. The van der Waals surface area contributed by atoms with E-state index in [9.17, 15) is 0 Å². The number of aryl methyl sites for hydroxylation is 1. The van der Waals surface area contributed by atoms with E-state index in [1.54, 1.807) is 0 Å². The molecule has 0 N–H and O–H groups in total. The Morgan fingerprint density at radius 2 is 2.00 bits per heavy atom. The summed E-state index contributed by atoms with van der Waals surface area (Å²) in [4.78, 5) is 12.3. The van der Waals surface area contributed by atoms with E-state index in [1.165, 1.54) is 54.3 Å². The minimum atomic E-state index is 0.715. The van der Waals surface area contributed by atoms with E-state index in [0.29, 0.717) is 5.92 Å². The number of hydrogen-bond acceptors (Lipinski definition) is 3. The Kier molecular flexibility index (Phi) is 6.82. The van der Waals surface area contributed by atoms with Crippen molar-refractivity contribution in [2.24, 2.45) is 22.7 Å². The van der Waals surface area contributed by atoms with Gasteiger partial charge >= 0.3 is 0 Å². The van der Waals surface area contributed by atoms with Crippen LogP contribution in [0.2, 0.25) is 0 Å². The third-order valence-electron chi connectivity index (χ3n) is 8.12. The Morgan fingerprint density at radius 3 is 2.74 bits per heavy atom. The smallest absolute Gasteiger partial charge is 0.140 e. The van der Waals surface area contributed by atoms with Gasteiger partial charge in [0.1, 0.15) is 5.65 Å². The molecule has 2 aliphatic rings. The molecule has 184 valence electrons. The van der Waals surface area contributed by atoms with E-state index >= 15 is 0 Å². The fourth-order valence-corrected chi connectivity index (χ4v) is 5.70. The van der Waals surface area contributed by atoms with Gasteiger partial charge in [0.25, 0.3) is 0 Å². The standard InChI is InChI=1S/C31H40N4/c1-6-8-26-14-16-34(19-22(26)3)24(5)27-13-10-21(2)29(17-27)33-23(4)30-18-28-9-7-15-32-31(28)35(30)20-25-11-12-25/h7,9-10,13,15,17-18,22,25-26H,5-6,8,11-12,14,16,19-20H2,1-4H3. The molecular weight excluding hydrogens is 428 g/mol. The van der Waals surface area contributed by atoms with Crippen LogP contribution in [0.4, 0.5) is 5.69 Å². The van der Waals surface area contributed by atoms with E-state index < -0.39 is 0 Å². The molecule has 1 saturated carbocycles. The topological polar surface area (TPSA) is 33.4 Å². The molecule has 0 amide bonds. The van der Waals surface area contributed by atoms with Gasteiger partial charge in [0.05, 0.1) is 17.1 Å². The minimum Gasteiger partial charge on any atom is -0.371 e. The van der Waals surface area contributed by atoms with E-state index in [4.69, 9.17) is 9.98 Å². The van der Waals surface area contributed by atoms with Crippen LogP contribution in [-0.4, -0.2) is 33.3 Å². The molecule has 2 aromatic heterocycles. The zero-order valence-electron chi connectivity index (χ0n) is 21.9. The number of likely N-dealkylation sites (tertiary alicyclic amines) is 1. The van der Waals surface area contributed by atoms with Gasteiger partial charge in [0.15, 0.2) is 0 Å². The summed E-state index contributed by atoms with van der Waals surface area (Å²) in [6, 6.07) is 13.1. The lowest BCUT2D eigenvalue weighted by Crippen LogP contribution is -2.37. The highest BCUT2D eigenvalue weighted by Crippen LogP contribution is 2.35. The van der Waals surface area contributed by atoms with Gasteiger partial charge in [-0.2, -0.15) is 0 Å². The molecule has 2 atom stereocenters. The van der Waals surface area contributed by atoms with Gasteiger partial charge in [-0.05, 0) is 86.3 Å². The first-order chi connectivity index (χ1) is 16.9. The fourth-order valence-electron chi connectivity index (χ4n) is 5.70. The summed E-state index contributed by atoms with van der Waals surface area (Å²) >= 11 is 0. The lowest BCUT2D eigenvalue weighted by molar-refractivity contribution is 0.173. The van der Waals surface area contributed by atoms with Gasteiger partial charge < -0.3 is 9.47 Å². The summed E-state index contributed by atoms with van der Waals surface area (Å²) in [5, 5.41) is 1.19. The van der Waals surface area contributed by atoms with Gasteiger partial charge in [-0.1, -0.05) is 45.4 Å². The molecule has 35 heavy (non-hydrogen) atoms. The quantitative estimate of drug-likeness (QED) is 0.319. The minimum absolute atomic E-state index is 0.715. The van der Waals surface area contributed by atoms with Crippen LogP contribution < -0.4 is 0 Å². The average Bonchev–Trinajstić information content (AvgIpc) is 3.60. The van der Waals surface area contributed by atoms with Gasteiger partial charge in [0, 0.05) is 36.9 Å². The Hall–Kier alpha value is -2.88. The third-order valence-corrected chi connectivity index (χ3v) is 8.12. The first-order valence-corrected chi connectivity index (χ1v) is 13.5. The highest BCUT2D eigenvalue weighted by Gasteiger charge is 2.27. The van der Waals surface area contributed by atoms with Crippen molar-refractivity contribution >= 4 is 28.1 Å². The van der Waals surface area contributed by atoms with Crippen molar-refractivity contribution in [2.75, 3.05) is 13.1 Å². The van der Waals surface area contributed by atoms with Crippen LogP contribution in [0.3, 0.4) is 0 Å². The number of aromatic nitrogens is 2. The molecule has 0 radical (unpaired) electrons. The number of hydrogen-bond donors (Lipinski definition) is 0. The molecule has 5 rings (SSSR count). The molecule has 1 saturated heterocycles. The van der Waals surface area contributed by atoms with Gasteiger partial charge in [-0.3, -0.25) is 4.99 Å². The molecule has 2 fully saturated rings. The molecule has 3 heterocycles. The highest BCUT2D eigenvalue weighted by molar-refractivity contribution is 6.03. The number of rotatable bonds is 8. The van der Waals surface area contributed by atoms with Crippen LogP contribution in [0, 0.1) is 24.7 Å². The maximum atomic E-state index is 5.16. The van der Waals surface area contributed by atoms with Crippen LogP contribution in [0.25, 0.3) is 16.7 Å². The van der Waals surface area contributed by atoms with E-state index in [2.05, 4.69) is 74.1 Å². The van der Waals surface area contributed by atoms with E-state index in [0.717, 1.165) is 54.2 Å². The van der Waals surface area contributed by atoms with Crippen LogP contribution in [-0.2, 0) is 6.54 Å². The fraction of sp³-hybridized carbons (Fsp3) is 0.484. The van der Waals surface area contributed by atoms with Crippen LogP contribution in [0.15, 0.2) is 54.2 Å². The first-order valence-electron chi connectivity index (χ1n) is 13.5. The molecule has 1 aliphatic heterocycles. The number of fused-ring (bicyclic) bond motifs is 1. The van der Waals surface area contributed by atoms with Crippen LogP contribution >= 0.6 is 0 Å². The Balaban J connectivity index is 1.41. The zero-order chi connectivity index (χ0) is 24.5. The number of aliphatic imine (C=N–C) groups is 1. The maximum absolute atomic E-state index is 5.16. The second-order valence-electron chi connectivity index (χ2n) is 10.9. The summed E-state index contributed by atoms with van der Waals surface area (Å²) in [5.74, 6) is 2.34. The van der Waals surface area contributed by atoms with Crippen molar-refractivity contribution in [3.05, 3.63) is 66.0 Å². The molecule has 4 heteroatoms. The Morgan fingerprint density at radius 1 is 1.17 bits per heavy atom. The SMILES string of the molecule is C=C(c1ccc(C)c(N=C(C)c2cc3cccnc3n2CC2CC2)c1)N1CCC(CCC)C(C)C1. The van der Waals surface area contributed by atoms with Crippen molar-refractivity contribution in [2.45, 2.75) is 66.3 Å². The lowest BCUT2D eigenvalue weighted by Gasteiger charge is -2.39. The molecule has 0 spiro atoms. The van der Waals surface area contributed by atoms with Crippen molar-refractivity contribution in [3.63, 3.8) is 0 Å². The van der Waals surface area contributed by atoms with Crippen molar-refractivity contribution < 1.29 is 0 Å².